The number of aromatic nitrogens is 1. The molecular formula is C22H29N3O2S. The second-order valence-corrected chi connectivity index (χ2v) is 8.92. The first kappa shape index (κ1) is 20.5. The molecule has 1 fully saturated rings. The molecule has 1 aliphatic heterocycles. The molecule has 0 atom stereocenters. The molecule has 0 saturated carbocycles. The van der Waals surface area contributed by atoms with E-state index in [-0.39, 0.29) is 23.7 Å². The summed E-state index contributed by atoms with van der Waals surface area (Å²) in [6.45, 7) is 9.49. The van der Waals surface area contributed by atoms with Crippen molar-refractivity contribution in [2.24, 2.45) is 11.8 Å². The van der Waals surface area contributed by atoms with Gasteiger partial charge in [-0.05, 0) is 24.3 Å². The Morgan fingerprint density at radius 1 is 1.11 bits per heavy atom. The van der Waals surface area contributed by atoms with Crippen molar-refractivity contribution in [1.82, 2.24) is 9.88 Å². The average molecular weight is 400 g/mol. The smallest absolute Gasteiger partial charge is 0.229 e. The van der Waals surface area contributed by atoms with Gasteiger partial charge in [-0.3, -0.25) is 9.59 Å². The Hall–Kier alpha value is -2.21. The molecule has 0 spiro atoms. The van der Waals surface area contributed by atoms with Gasteiger partial charge in [0.1, 0.15) is 0 Å². The molecule has 1 aromatic heterocycles. The number of piperidine rings is 1. The zero-order valence-electron chi connectivity index (χ0n) is 17.1. The van der Waals surface area contributed by atoms with E-state index in [1.807, 2.05) is 24.1 Å². The summed E-state index contributed by atoms with van der Waals surface area (Å²) in [5.74, 6) is 0.629. The maximum Gasteiger partial charge on any atom is 0.229 e. The normalized spacial score (nSPS) is 15.3. The van der Waals surface area contributed by atoms with E-state index in [2.05, 4.69) is 48.4 Å². The summed E-state index contributed by atoms with van der Waals surface area (Å²) in [5, 5.41) is 5.57. The van der Waals surface area contributed by atoms with Crippen LogP contribution in [0.1, 0.15) is 52.0 Å². The van der Waals surface area contributed by atoms with Crippen molar-refractivity contribution in [3.63, 3.8) is 0 Å². The lowest BCUT2D eigenvalue weighted by molar-refractivity contribution is -0.137. The summed E-state index contributed by atoms with van der Waals surface area (Å²) in [5.41, 5.74) is 3.24. The molecule has 2 amide bonds. The molecule has 150 valence electrons. The van der Waals surface area contributed by atoms with Crippen molar-refractivity contribution in [2.75, 3.05) is 18.4 Å². The molecule has 1 saturated heterocycles. The molecule has 0 radical (unpaired) electrons. The molecule has 2 heterocycles. The van der Waals surface area contributed by atoms with Crippen molar-refractivity contribution in [3.05, 3.63) is 35.2 Å². The first-order valence-electron chi connectivity index (χ1n) is 10.0. The highest BCUT2D eigenvalue weighted by Crippen LogP contribution is 2.28. The SMILES string of the molecule is CC(C)C(=O)N1CCC(C(=O)Nc2nc(-c3ccc(C(C)C)cc3)cs2)CC1. The van der Waals surface area contributed by atoms with Gasteiger partial charge in [0.2, 0.25) is 11.8 Å². The molecule has 5 nitrogen and oxygen atoms in total. The fourth-order valence-corrected chi connectivity index (χ4v) is 4.16. The highest BCUT2D eigenvalue weighted by atomic mass is 32.1. The molecule has 1 aliphatic rings. The number of likely N-dealkylation sites (tertiary alicyclic amines) is 1. The zero-order chi connectivity index (χ0) is 20.3. The quantitative estimate of drug-likeness (QED) is 0.788. The molecule has 6 heteroatoms. The number of amides is 2. The number of carbonyl (C=O) groups excluding carboxylic acids is 2. The Morgan fingerprint density at radius 3 is 2.32 bits per heavy atom. The molecule has 28 heavy (non-hydrogen) atoms. The van der Waals surface area contributed by atoms with Crippen LogP contribution in [0.2, 0.25) is 0 Å². The number of nitrogens with one attached hydrogen (secondary N) is 1. The van der Waals surface area contributed by atoms with Crippen molar-refractivity contribution in [3.8, 4) is 11.3 Å². The van der Waals surface area contributed by atoms with E-state index < -0.39 is 0 Å². The van der Waals surface area contributed by atoms with Crippen LogP contribution in [0.4, 0.5) is 5.13 Å². The third-order valence-electron chi connectivity index (χ3n) is 5.28. The van der Waals surface area contributed by atoms with Crippen LogP contribution in [0, 0.1) is 11.8 Å². The number of hydrogen-bond acceptors (Lipinski definition) is 4. The van der Waals surface area contributed by atoms with Gasteiger partial charge in [-0.25, -0.2) is 4.98 Å². The topological polar surface area (TPSA) is 62.3 Å². The van der Waals surface area contributed by atoms with Gasteiger partial charge in [-0.2, -0.15) is 0 Å². The van der Waals surface area contributed by atoms with Crippen LogP contribution >= 0.6 is 11.3 Å². The lowest BCUT2D eigenvalue weighted by Gasteiger charge is -2.32. The van der Waals surface area contributed by atoms with E-state index >= 15 is 0 Å². The summed E-state index contributed by atoms with van der Waals surface area (Å²) in [4.78, 5) is 31.1. The zero-order valence-corrected chi connectivity index (χ0v) is 17.9. The van der Waals surface area contributed by atoms with E-state index in [9.17, 15) is 9.59 Å². The maximum absolute atomic E-state index is 12.6. The molecule has 1 N–H and O–H groups in total. The lowest BCUT2D eigenvalue weighted by atomic mass is 9.95. The monoisotopic (exact) mass is 399 g/mol. The van der Waals surface area contributed by atoms with Crippen LogP contribution in [-0.2, 0) is 9.59 Å². The van der Waals surface area contributed by atoms with Gasteiger partial charge in [-0.1, -0.05) is 52.0 Å². The van der Waals surface area contributed by atoms with Crippen LogP contribution in [0.3, 0.4) is 0 Å². The first-order valence-corrected chi connectivity index (χ1v) is 10.9. The largest absolute Gasteiger partial charge is 0.342 e. The Balaban J connectivity index is 1.56. The van der Waals surface area contributed by atoms with Crippen LogP contribution in [0.25, 0.3) is 11.3 Å². The summed E-state index contributed by atoms with van der Waals surface area (Å²) in [6, 6.07) is 8.42. The molecule has 0 unspecified atom stereocenters. The molecule has 2 aromatic rings. The van der Waals surface area contributed by atoms with Crippen LogP contribution in [0.15, 0.2) is 29.6 Å². The predicted octanol–water partition coefficient (Wildman–Crippen LogP) is 4.77. The van der Waals surface area contributed by atoms with Gasteiger partial charge in [0.25, 0.3) is 0 Å². The molecule has 0 bridgehead atoms. The van der Waals surface area contributed by atoms with Crippen molar-refractivity contribution in [1.29, 1.82) is 0 Å². The maximum atomic E-state index is 12.6. The van der Waals surface area contributed by atoms with E-state index in [0.29, 0.717) is 37.0 Å². The number of rotatable bonds is 5. The summed E-state index contributed by atoms with van der Waals surface area (Å²) < 4.78 is 0. The summed E-state index contributed by atoms with van der Waals surface area (Å²) in [6.07, 6.45) is 1.42. The Kier molecular flexibility index (Phi) is 6.50. The minimum atomic E-state index is -0.0612. The Bertz CT molecular complexity index is 819. The first-order chi connectivity index (χ1) is 13.3. The molecule has 0 aliphatic carbocycles. The van der Waals surface area contributed by atoms with E-state index in [1.165, 1.54) is 16.9 Å². The second-order valence-electron chi connectivity index (χ2n) is 8.06. The van der Waals surface area contributed by atoms with Gasteiger partial charge in [-0.15, -0.1) is 11.3 Å². The molecule has 1 aromatic carbocycles. The van der Waals surface area contributed by atoms with Crippen LogP contribution in [-0.4, -0.2) is 34.8 Å². The molecule has 3 rings (SSSR count). The van der Waals surface area contributed by atoms with Gasteiger partial charge in [0.05, 0.1) is 5.69 Å². The van der Waals surface area contributed by atoms with Gasteiger partial charge < -0.3 is 10.2 Å². The van der Waals surface area contributed by atoms with Gasteiger partial charge in [0.15, 0.2) is 5.13 Å². The second kappa shape index (κ2) is 8.86. The summed E-state index contributed by atoms with van der Waals surface area (Å²) >= 11 is 1.45. The third kappa shape index (κ3) is 4.79. The summed E-state index contributed by atoms with van der Waals surface area (Å²) in [7, 11) is 0. The van der Waals surface area contributed by atoms with Gasteiger partial charge >= 0.3 is 0 Å². The molecular weight excluding hydrogens is 370 g/mol. The Morgan fingerprint density at radius 2 is 1.75 bits per heavy atom. The van der Waals surface area contributed by atoms with Crippen molar-refractivity contribution in [2.45, 2.75) is 46.5 Å². The van der Waals surface area contributed by atoms with Crippen LogP contribution < -0.4 is 5.32 Å². The lowest BCUT2D eigenvalue weighted by Crippen LogP contribution is -2.43. The van der Waals surface area contributed by atoms with E-state index in [4.69, 9.17) is 0 Å². The Labute approximate surface area is 171 Å². The number of thiazole rings is 1. The number of anilines is 1. The standard InChI is InChI=1S/C22H29N3O2S/c1-14(2)16-5-7-17(8-6-16)19-13-28-22(23-19)24-20(26)18-9-11-25(12-10-18)21(27)15(3)4/h5-8,13-15,18H,9-12H2,1-4H3,(H,23,24,26). The van der Waals surface area contributed by atoms with E-state index in [1.54, 1.807) is 0 Å². The van der Waals surface area contributed by atoms with Crippen molar-refractivity contribution >= 4 is 28.3 Å². The van der Waals surface area contributed by atoms with Gasteiger partial charge in [0, 0.05) is 35.9 Å². The van der Waals surface area contributed by atoms with E-state index in [0.717, 1.165) is 11.3 Å². The number of benzene rings is 1. The number of nitrogens with zero attached hydrogens (tertiary/aromatic N) is 2. The fourth-order valence-electron chi connectivity index (χ4n) is 3.44. The predicted molar refractivity (Wildman–Crippen MR) is 114 cm³/mol. The average Bonchev–Trinajstić information content (AvgIpc) is 3.16. The minimum absolute atomic E-state index is 0.00713. The number of carbonyl (C=O) groups is 2. The van der Waals surface area contributed by atoms with Crippen LogP contribution in [0.5, 0.6) is 0 Å². The highest BCUT2D eigenvalue weighted by molar-refractivity contribution is 7.14. The fraction of sp³-hybridized carbons (Fsp3) is 0.500. The third-order valence-corrected chi connectivity index (χ3v) is 6.04. The highest BCUT2D eigenvalue weighted by Gasteiger charge is 2.28. The van der Waals surface area contributed by atoms with Crippen molar-refractivity contribution < 1.29 is 9.59 Å². The minimum Gasteiger partial charge on any atom is -0.342 e. The number of hydrogen-bond donors (Lipinski definition) is 1.